The number of hydrogen-bond donors (Lipinski definition) is 3. The SMILES string of the molecule is CCCCCC/C=C\C/C=C\CCCCCCCC(=O)OCCCCCCCCCCCCCC/C=C\CCCCCCCCCCC(=O)NC(CO)C(O)/C=C/CCCCCCCCCCCCCCCCCC. The number of amides is 1. The summed E-state index contributed by atoms with van der Waals surface area (Å²) < 4.78 is 5.48. The molecule has 0 saturated carbocycles. The maximum atomic E-state index is 12.5. The summed E-state index contributed by atoms with van der Waals surface area (Å²) in [5.41, 5.74) is 0. The molecule has 1 amide bonds. The first kappa shape index (κ1) is 72.8. The van der Waals surface area contributed by atoms with Crippen LogP contribution >= 0.6 is 0 Å². The monoisotopic (exact) mass is 1050 g/mol. The Morgan fingerprint density at radius 1 is 0.373 bits per heavy atom. The number of allylic oxidation sites excluding steroid dienone is 7. The number of hydrogen-bond acceptors (Lipinski definition) is 5. The van der Waals surface area contributed by atoms with Crippen molar-refractivity contribution in [1.29, 1.82) is 0 Å². The van der Waals surface area contributed by atoms with Gasteiger partial charge in [-0.2, -0.15) is 0 Å². The first-order valence-corrected chi connectivity index (χ1v) is 33.4. The molecule has 6 heteroatoms. The van der Waals surface area contributed by atoms with Crippen LogP contribution in [0.15, 0.2) is 48.6 Å². The van der Waals surface area contributed by atoms with Crippen LogP contribution in [0.4, 0.5) is 0 Å². The third-order valence-corrected chi connectivity index (χ3v) is 15.3. The second-order valence-corrected chi connectivity index (χ2v) is 22.8. The fourth-order valence-corrected chi connectivity index (χ4v) is 10.2. The number of nitrogens with one attached hydrogen (secondary N) is 1. The van der Waals surface area contributed by atoms with Gasteiger partial charge in [0.2, 0.25) is 5.91 Å². The molecule has 3 N–H and O–H groups in total. The standard InChI is InChI=1S/C69H129NO5/c1-3-5-7-9-11-13-15-17-19-21-30-33-37-41-45-49-53-57-61-67(72)66(65-71)70-68(73)62-58-54-50-46-42-38-34-31-28-26-24-22-23-25-27-29-32-36-40-44-48-52-56-60-64-75-69(74)63-59-55-51-47-43-39-35-20-18-16-14-12-10-8-6-4-2/h14,16,20,24,26,35,57,61,66-67,71-72H,3-13,15,17-19,21-23,25,27-34,36-56,58-60,62-65H2,1-2H3,(H,70,73)/b16-14-,26-24-,35-20-,61-57+. The molecule has 2 atom stereocenters. The summed E-state index contributed by atoms with van der Waals surface area (Å²) in [6, 6.07) is -0.633. The van der Waals surface area contributed by atoms with Crippen LogP contribution in [-0.2, 0) is 14.3 Å². The van der Waals surface area contributed by atoms with Crippen molar-refractivity contribution in [2.24, 2.45) is 0 Å². The predicted molar refractivity (Wildman–Crippen MR) is 329 cm³/mol. The van der Waals surface area contributed by atoms with E-state index in [9.17, 15) is 19.8 Å². The molecule has 75 heavy (non-hydrogen) atoms. The highest BCUT2D eigenvalue weighted by Crippen LogP contribution is 2.17. The summed E-state index contributed by atoms with van der Waals surface area (Å²) in [6.45, 7) is 4.90. The Labute approximate surface area is 467 Å². The van der Waals surface area contributed by atoms with Gasteiger partial charge in [0.05, 0.1) is 25.4 Å². The topological polar surface area (TPSA) is 95.9 Å². The van der Waals surface area contributed by atoms with E-state index in [1.165, 1.54) is 276 Å². The lowest BCUT2D eigenvalue weighted by Gasteiger charge is -2.20. The van der Waals surface area contributed by atoms with Crippen molar-refractivity contribution < 1.29 is 24.5 Å². The van der Waals surface area contributed by atoms with Crippen LogP contribution in [0.2, 0.25) is 0 Å². The second kappa shape index (κ2) is 64.3. The number of aliphatic hydroxyl groups excluding tert-OH is 2. The number of carbonyl (C=O) groups excluding carboxylic acids is 2. The van der Waals surface area contributed by atoms with Gasteiger partial charge in [0.15, 0.2) is 0 Å². The van der Waals surface area contributed by atoms with Gasteiger partial charge in [-0.05, 0) is 89.9 Å². The van der Waals surface area contributed by atoms with Gasteiger partial charge in [0, 0.05) is 12.8 Å². The third kappa shape index (κ3) is 60.9. The molecule has 440 valence electrons. The van der Waals surface area contributed by atoms with E-state index in [1.807, 2.05) is 6.08 Å². The van der Waals surface area contributed by atoms with Gasteiger partial charge in [-0.25, -0.2) is 0 Å². The lowest BCUT2D eigenvalue weighted by Crippen LogP contribution is -2.45. The molecule has 0 aromatic carbocycles. The highest BCUT2D eigenvalue weighted by Gasteiger charge is 2.18. The fourth-order valence-electron chi connectivity index (χ4n) is 10.2. The summed E-state index contributed by atoms with van der Waals surface area (Å²) in [7, 11) is 0. The number of ether oxygens (including phenoxy) is 1. The Hall–Kier alpha value is -2.18. The lowest BCUT2D eigenvalue weighted by molar-refractivity contribution is -0.143. The Kier molecular flexibility index (Phi) is 62.5. The van der Waals surface area contributed by atoms with Crippen LogP contribution in [0.1, 0.15) is 354 Å². The van der Waals surface area contributed by atoms with E-state index in [-0.39, 0.29) is 18.5 Å². The van der Waals surface area contributed by atoms with Crippen molar-refractivity contribution in [1.82, 2.24) is 5.32 Å². The van der Waals surface area contributed by atoms with Crippen molar-refractivity contribution in [2.75, 3.05) is 13.2 Å². The minimum atomic E-state index is -0.849. The van der Waals surface area contributed by atoms with Gasteiger partial charge >= 0.3 is 5.97 Å². The second-order valence-electron chi connectivity index (χ2n) is 22.8. The predicted octanol–water partition coefficient (Wildman–Crippen LogP) is 21.3. The molecule has 0 aliphatic carbocycles. The number of rotatable bonds is 62. The van der Waals surface area contributed by atoms with Crippen LogP contribution in [0, 0.1) is 0 Å². The fraction of sp³-hybridized carbons (Fsp3) is 0.855. The number of carbonyl (C=O) groups is 2. The normalized spacial score (nSPS) is 12.9. The average Bonchev–Trinajstić information content (AvgIpc) is 3.41. The van der Waals surface area contributed by atoms with Crippen molar-refractivity contribution >= 4 is 11.9 Å². The molecule has 2 unspecified atom stereocenters. The molecule has 0 aliphatic rings. The van der Waals surface area contributed by atoms with Crippen LogP contribution < -0.4 is 5.32 Å². The third-order valence-electron chi connectivity index (χ3n) is 15.3. The molecule has 0 saturated heterocycles. The van der Waals surface area contributed by atoms with E-state index in [0.29, 0.717) is 19.4 Å². The molecule has 0 aromatic rings. The quantitative estimate of drug-likeness (QED) is 0.0320. The zero-order chi connectivity index (χ0) is 54.3. The van der Waals surface area contributed by atoms with Crippen molar-refractivity contribution in [3.63, 3.8) is 0 Å². The highest BCUT2D eigenvalue weighted by atomic mass is 16.5. The molecule has 0 aliphatic heterocycles. The smallest absolute Gasteiger partial charge is 0.305 e. The van der Waals surface area contributed by atoms with E-state index in [4.69, 9.17) is 4.74 Å². The van der Waals surface area contributed by atoms with E-state index in [1.54, 1.807) is 6.08 Å². The van der Waals surface area contributed by atoms with E-state index in [2.05, 4.69) is 55.6 Å². The van der Waals surface area contributed by atoms with Crippen molar-refractivity contribution in [3.05, 3.63) is 48.6 Å². The number of aliphatic hydroxyl groups is 2. The number of esters is 1. The molecule has 0 bridgehead atoms. The van der Waals surface area contributed by atoms with Gasteiger partial charge in [0.1, 0.15) is 0 Å². The molecule has 0 spiro atoms. The van der Waals surface area contributed by atoms with Crippen molar-refractivity contribution in [2.45, 2.75) is 366 Å². The summed E-state index contributed by atoms with van der Waals surface area (Å²) in [5.74, 6) is -0.0722. The molecule has 6 nitrogen and oxygen atoms in total. The maximum absolute atomic E-state index is 12.5. The molecular weight excluding hydrogens is 923 g/mol. The van der Waals surface area contributed by atoms with Gasteiger partial charge in [-0.15, -0.1) is 0 Å². The summed E-state index contributed by atoms with van der Waals surface area (Å²) in [6.07, 6.45) is 83.1. The minimum absolute atomic E-state index is 0.00144. The molecule has 0 radical (unpaired) electrons. The lowest BCUT2D eigenvalue weighted by atomic mass is 10.0. The summed E-state index contributed by atoms with van der Waals surface area (Å²) >= 11 is 0. The molecule has 0 rings (SSSR count). The molecule has 0 heterocycles. The average molecular weight is 1050 g/mol. The van der Waals surface area contributed by atoms with Gasteiger partial charge in [-0.1, -0.05) is 300 Å². The summed E-state index contributed by atoms with van der Waals surface area (Å²) in [4.78, 5) is 24.6. The van der Waals surface area contributed by atoms with Gasteiger partial charge in [0.25, 0.3) is 0 Å². The molecule has 0 fully saturated rings. The van der Waals surface area contributed by atoms with Crippen LogP contribution in [0.5, 0.6) is 0 Å². The van der Waals surface area contributed by atoms with E-state index < -0.39 is 12.1 Å². The zero-order valence-electron chi connectivity index (χ0n) is 50.3. The zero-order valence-corrected chi connectivity index (χ0v) is 50.3. The Bertz CT molecular complexity index is 1260. The summed E-state index contributed by atoms with van der Waals surface area (Å²) in [5, 5.41) is 23.2. The van der Waals surface area contributed by atoms with Crippen LogP contribution in [0.3, 0.4) is 0 Å². The van der Waals surface area contributed by atoms with Gasteiger partial charge < -0.3 is 20.3 Å². The Morgan fingerprint density at radius 2 is 0.667 bits per heavy atom. The van der Waals surface area contributed by atoms with E-state index in [0.717, 1.165) is 51.4 Å². The minimum Gasteiger partial charge on any atom is -0.466 e. The van der Waals surface area contributed by atoms with Crippen LogP contribution in [-0.4, -0.2) is 47.4 Å². The van der Waals surface area contributed by atoms with Crippen LogP contribution in [0.25, 0.3) is 0 Å². The van der Waals surface area contributed by atoms with E-state index >= 15 is 0 Å². The maximum Gasteiger partial charge on any atom is 0.305 e. The highest BCUT2D eigenvalue weighted by molar-refractivity contribution is 5.76. The molecular formula is C69H129NO5. The number of unbranched alkanes of at least 4 members (excludes halogenated alkanes) is 45. The van der Waals surface area contributed by atoms with Crippen molar-refractivity contribution in [3.8, 4) is 0 Å². The first-order valence-electron chi connectivity index (χ1n) is 33.4. The molecule has 0 aromatic heterocycles. The Balaban J connectivity index is 3.44. The largest absolute Gasteiger partial charge is 0.466 e. The van der Waals surface area contributed by atoms with Gasteiger partial charge in [-0.3, -0.25) is 9.59 Å². The first-order chi connectivity index (χ1) is 37.0. The Morgan fingerprint density at radius 3 is 1.04 bits per heavy atom.